The highest BCUT2D eigenvalue weighted by molar-refractivity contribution is 5.81. The number of likely N-dealkylation sites (N-methyl/N-ethyl adjacent to an activating group) is 1. The van der Waals surface area contributed by atoms with Crippen LogP contribution in [0.3, 0.4) is 0 Å². The first-order valence-electron chi connectivity index (χ1n) is 4.71. The highest BCUT2D eigenvalue weighted by Crippen LogP contribution is 2.20. The first-order valence-corrected chi connectivity index (χ1v) is 4.71. The minimum Gasteiger partial charge on any atom is -0.375 e. The Hall–Kier alpha value is -2.62. The fourth-order valence-corrected chi connectivity index (χ4v) is 1.16. The third kappa shape index (κ3) is 3.17. The number of hydrogen-bond donors (Lipinski definition) is 2. The molecule has 0 saturated heterocycles. The summed E-state index contributed by atoms with van der Waals surface area (Å²) >= 11 is 0. The van der Waals surface area contributed by atoms with Crippen LogP contribution in [0.4, 0.5) is 11.4 Å². The maximum Gasteiger partial charge on any atom is 0.270 e. The van der Waals surface area contributed by atoms with Gasteiger partial charge in [-0.1, -0.05) is 0 Å². The molecule has 1 aromatic rings. The molecule has 2 N–H and O–H groups in total. The van der Waals surface area contributed by atoms with Crippen LogP contribution in [0.5, 0.6) is 0 Å². The normalized spacial score (nSPS) is 9.18. The Labute approximate surface area is 97.2 Å². The number of carbonyl (C=O) groups is 1. The summed E-state index contributed by atoms with van der Waals surface area (Å²) in [5.41, 5.74) is 0.358. The van der Waals surface area contributed by atoms with E-state index in [1.54, 1.807) is 0 Å². The first kappa shape index (κ1) is 12.4. The van der Waals surface area contributed by atoms with E-state index in [0.29, 0.717) is 5.69 Å². The SMILES string of the molecule is CNC(=O)CNc1ccc([N+](=O)[O-])cc1C#N. The third-order valence-corrected chi connectivity index (χ3v) is 2.05. The number of anilines is 1. The number of nitrogens with one attached hydrogen (secondary N) is 2. The van der Waals surface area contributed by atoms with Crippen LogP contribution >= 0.6 is 0 Å². The molecule has 0 aliphatic rings. The molecular weight excluding hydrogens is 224 g/mol. The van der Waals surface area contributed by atoms with Crippen LogP contribution in [-0.4, -0.2) is 24.4 Å². The maximum absolute atomic E-state index is 11.0. The summed E-state index contributed by atoms with van der Waals surface area (Å²) in [4.78, 5) is 20.9. The summed E-state index contributed by atoms with van der Waals surface area (Å²) in [6, 6.07) is 5.67. The van der Waals surface area contributed by atoms with E-state index in [-0.39, 0.29) is 23.7 Å². The molecule has 0 bridgehead atoms. The van der Waals surface area contributed by atoms with Gasteiger partial charge in [-0.15, -0.1) is 0 Å². The Morgan fingerprint density at radius 2 is 2.29 bits per heavy atom. The molecule has 7 nitrogen and oxygen atoms in total. The number of hydrogen-bond acceptors (Lipinski definition) is 5. The molecule has 1 aromatic carbocycles. The molecule has 0 aliphatic heterocycles. The van der Waals surface area contributed by atoms with Crippen molar-refractivity contribution in [3.05, 3.63) is 33.9 Å². The third-order valence-electron chi connectivity index (χ3n) is 2.05. The zero-order valence-corrected chi connectivity index (χ0v) is 9.06. The highest BCUT2D eigenvalue weighted by Gasteiger charge is 2.10. The number of nitriles is 1. The van der Waals surface area contributed by atoms with Crippen molar-refractivity contribution in [1.82, 2.24) is 5.32 Å². The quantitative estimate of drug-likeness (QED) is 0.586. The Balaban J connectivity index is 2.90. The summed E-state index contributed by atoms with van der Waals surface area (Å²) in [6.07, 6.45) is 0. The van der Waals surface area contributed by atoms with Crippen LogP contribution in [0.2, 0.25) is 0 Å². The molecule has 7 heteroatoms. The Kier molecular flexibility index (Phi) is 4.00. The van der Waals surface area contributed by atoms with Crippen molar-refractivity contribution in [3.63, 3.8) is 0 Å². The molecule has 1 rings (SSSR count). The van der Waals surface area contributed by atoms with Crippen molar-refractivity contribution in [3.8, 4) is 6.07 Å². The zero-order valence-electron chi connectivity index (χ0n) is 9.06. The summed E-state index contributed by atoms with van der Waals surface area (Å²) < 4.78 is 0. The summed E-state index contributed by atoms with van der Waals surface area (Å²) in [5, 5.41) is 24.5. The molecule has 0 fully saturated rings. The Morgan fingerprint density at radius 3 is 2.82 bits per heavy atom. The molecule has 0 spiro atoms. The Bertz CT molecular complexity index is 493. The molecule has 0 atom stereocenters. The van der Waals surface area contributed by atoms with E-state index in [1.165, 1.54) is 19.2 Å². The lowest BCUT2D eigenvalue weighted by Crippen LogP contribution is -2.26. The number of benzene rings is 1. The first-order chi connectivity index (χ1) is 8.08. The van der Waals surface area contributed by atoms with Gasteiger partial charge in [0.05, 0.1) is 22.7 Å². The van der Waals surface area contributed by atoms with Crippen LogP contribution in [-0.2, 0) is 4.79 Å². The molecule has 0 heterocycles. The minimum absolute atomic E-state index is 0.00297. The number of carbonyl (C=O) groups excluding carboxylic acids is 1. The molecular formula is C10H10N4O3. The van der Waals surface area contributed by atoms with Crippen molar-refractivity contribution in [1.29, 1.82) is 5.26 Å². The topological polar surface area (TPSA) is 108 Å². The van der Waals surface area contributed by atoms with Crippen LogP contribution in [0.15, 0.2) is 18.2 Å². The second kappa shape index (κ2) is 5.46. The van der Waals surface area contributed by atoms with Gasteiger partial charge in [-0.3, -0.25) is 14.9 Å². The van der Waals surface area contributed by atoms with Gasteiger partial charge in [0.2, 0.25) is 5.91 Å². The highest BCUT2D eigenvalue weighted by atomic mass is 16.6. The van der Waals surface area contributed by atoms with Crippen LogP contribution in [0, 0.1) is 21.4 Å². The van der Waals surface area contributed by atoms with E-state index in [4.69, 9.17) is 5.26 Å². The summed E-state index contributed by atoms with van der Waals surface area (Å²) in [5.74, 6) is -0.243. The summed E-state index contributed by atoms with van der Waals surface area (Å²) in [7, 11) is 1.49. The number of amides is 1. The predicted molar refractivity (Wildman–Crippen MR) is 60.4 cm³/mol. The average Bonchev–Trinajstić information content (AvgIpc) is 2.35. The predicted octanol–water partition coefficient (Wildman–Crippen LogP) is 0.624. The van der Waals surface area contributed by atoms with Crippen molar-refractivity contribution >= 4 is 17.3 Å². The lowest BCUT2D eigenvalue weighted by molar-refractivity contribution is -0.384. The molecule has 0 unspecified atom stereocenters. The van der Waals surface area contributed by atoms with Gasteiger partial charge in [0.15, 0.2) is 0 Å². The van der Waals surface area contributed by atoms with Crippen molar-refractivity contribution in [2.75, 3.05) is 18.9 Å². The molecule has 88 valence electrons. The fourth-order valence-electron chi connectivity index (χ4n) is 1.16. The van der Waals surface area contributed by atoms with Crippen molar-refractivity contribution < 1.29 is 9.72 Å². The average molecular weight is 234 g/mol. The number of nitrogens with zero attached hydrogens (tertiary/aromatic N) is 2. The second-order valence-corrected chi connectivity index (χ2v) is 3.13. The fraction of sp³-hybridized carbons (Fsp3) is 0.200. The molecule has 1 amide bonds. The second-order valence-electron chi connectivity index (χ2n) is 3.13. The maximum atomic E-state index is 11.0. The summed E-state index contributed by atoms with van der Waals surface area (Å²) in [6.45, 7) is 0.00297. The van der Waals surface area contributed by atoms with Gasteiger partial charge in [-0.25, -0.2) is 0 Å². The van der Waals surface area contributed by atoms with E-state index in [1.807, 2.05) is 6.07 Å². The number of nitro groups is 1. The molecule has 0 saturated carbocycles. The van der Waals surface area contributed by atoms with Gasteiger partial charge in [-0.05, 0) is 6.07 Å². The van der Waals surface area contributed by atoms with Gasteiger partial charge in [0.25, 0.3) is 5.69 Å². The van der Waals surface area contributed by atoms with Crippen molar-refractivity contribution in [2.24, 2.45) is 0 Å². The van der Waals surface area contributed by atoms with Gasteiger partial charge < -0.3 is 10.6 Å². The Morgan fingerprint density at radius 1 is 1.59 bits per heavy atom. The van der Waals surface area contributed by atoms with Crippen LogP contribution < -0.4 is 10.6 Å². The molecule has 0 aliphatic carbocycles. The number of nitro benzene ring substituents is 1. The van der Waals surface area contributed by atoms with Crippen LogP contribution in [0.1, 0.15) is 5.56 Å². The monoisotopic (exact) mass is 234 g/mol. The molecule has 0 aromatic heterocycles. The lowest BCUT2D eigenvalue weighted by atomic mass is 10.1. The number of non-ortho nitro benzene ring substituents is 1. The standard InChI is InChI=1S/C10H10N4O3/c1-12-10(15)6-13-9-3-2-8(14(16)17)4-7(9)5-11/h2-4,13H,6H2,1H3,(H,12,15). The smallest absolute Gasteiger partial charge is 0.270 e. The van der Waals surface area contributed by atoms with E-state index in [9.17, 15) is 14.9 Å². The van der Waals surface area contributed by atoms with Crippen LogP contribution in [0.25, 0.3) is 0 Å². The van der Waals surface area contributed by atoms with E-state index >= 15 is 0 Å². The van der Waals surface area contributed by atoms with Gasteiger partial charge in [0, 0.05) is 19.2 Å². The molecule has 0 radical (unpaired) electrons. The van der Waals surface area contributed by atoms with Crippen molar-refractivity contribution in [2.45, 2.75) is 0 Å². The zero-order chi connectivity index (χ0) is 12.8. The van der Waals surface area contributed by atoms with Gasteiger partial charge in [-0.2, -0.15) is 5.26 Å². The van der Waals surface area contributed by atoms with E-state index in [2.05, 4.69) is 10.6 Å². The number of rotatable bonds is 4. The molecule has 17 heavy (non-hydrogen) atoms. The van der Waals surface area contributed by atoms with Gasteiger partial charge >= 0.3 is 0 Å². The minimum atomic E-state index is -0.580. The lowest BCUT2D eigenvalue weighted by Gasteiger charge is -2.06. The van der Waals surface area contributed by atoms with Gasteiger partial charge in [0.1, 0.15) is 6.07 Å². The van der Waals surface area contributed by atoms with E-state index < -0.39 is 4.92 Å². The largest absolute Gasteiger partial charge is 0.375 e. The van der Waals surface area contributed by atoms with E-state index in [0.717, 1.165) is 6.07 Å².